The Bertz CT molecular complexity index is 932. The predicted molar refractivity (Wildman–Crippen MR) is 95.8 cm³/mol. The number of furan rings is 1. The summed E-state index contributed by atoms with van der Waals surface area (Å²) in [7, 11) is 0. The summed E-state index contributed by atoms with van der Waals surface area (Å²) in [5, 5.41) is 3.43. The number of fused-ring (bicyclic) bond motifs is 1. The monoisotopic (exact) mass is 355 g/mol. The van der Waals surface area contributed by atoms with Crippen LogP contribution in [0.4, 0.5) is 5.13 Å². The maximum absolute atomic E-state index is 12.7. The number of hydrogen-bond donors (Lipinski definition) is 1. The predicted octanol–water partition coefficient (Wildman–Crippen LogP) is 3.44. The van der Waals surface area contributed by atoms with Gasteiger partial charge < -0.3 is 14.6 Å². The maximum Gasteiger partial charge on any atom is 0.290 e. The summed E-state index contributed by atoms with van der Waals surface area (Å²) in [6.45, 7) is 2.57. The fourth-order valence-corrected chi connectivity index (χ4v) is 4.07. The Morgan fingerprint density at radius 3 is 3.04 bits per heavy atom. The van der Waals surface area contributed by atoms with Crippen LogP contribution in [0, 0.1) is 6.92 Å². The molecule has 3 aromatic rings. The van der Waals surface area contributed by atoms with Crippen molar-refractivity contribution in [2.45, 2.75) is 25.8 Å². The fourth-order valence-electron chi connectivity index (χ4n) is 3.10. The molecular formula is C18H17N3O3S. The average Bonchev–Trinajstić information content (AvgIpc) is 3.33. The summed E-state index contributed by atoms with van der Waals surface area (Å²) in [5.74, 6) is -0.189. The Morgan fingerprint density at radius 1 is 1.36 bits per heavy atom. The lowest BCUT2D eigenvalue weighted by Gasteiger charge is -2.22. The molecule has 0 spiro atoms. The van der Waals surface area contributed by atoms with Crippen LogP contribution in [0.1, 0.15) is 29.0 Å². The van der Waals surface area contributed by atoms with Crippen LogP contribution in [0.2, 0.25) is 0 Å². The van der Waals surface area contributed by atoms with Crippen LogP contribution in [0.25, 0.3) is 10.2 Å². The highest BCUT2D eigenvalue weighted by molar-refractivity contribution is 7.22. The molecule has 0 bridgehead atoms. The van der Waals surface area contributed by atoms with E-state index in [0.717, 1.165) is 22.2 Å². The third kappa shape index (κ3) is 3.02. The summed E-state index contributed by atoms with van der Waals surface area (Å²) in [6, 6.07) is 8.78. The maximum atomic E-state index is 12.7. The van der Waals surface area contributed by atoms with E-state index < -0.39 is 6.04 Å². The third-order valence-electron chi connectivity index (χ3n) is 4.32. The van der Waals surface area contributed by atoms with Crippen molar-refractivity contribution in [3.63, 3.8) is 0 Å². The Balaban J connectivity index is 1.52. The molecule has 1 atom stereocenters. The molecule has 0 saturated carbocycles. The van der Waals surface area contributed by atoms with Crippen LogP contribution in [0.5, 0.6) is 0 Å². The number of aromatic nitrogens is 1. The summed E-state index contributed by atoms with van der Waals surface area (Å²) in [5.41, 5.74) is 2.01. The second kappa shape index (κ2) is 6.33. The summed E-state index contributed by atoms with van der Waals surface area (Å²) in [4.78, 5) is 31.2. The van der Waals surface area contributed by atoms with Gasteiger partial charge in [0.25, 0.3) is 5.91 Å². The van der Waals surface area contributed by atoms with Crippen LogP contribution in [-0.4, -0.2) is 34.3 Å². The van der Waals surface area contributed by atoms with Gasteiger partial charge in [-0.05, 0) is 49.6 Å². The minimum Gasteiger partial charge on any atom is -0.459 e. The largest absolute Gasteiger partial charge is 0.459 e. The number of likely N-dealkylation sites (tertiary alicyclic amines) is 1. The number of benzene rings is 1. The van der Waals surface area contributed by atoms with Gasteiger partial charge in [0.2, 0.25) is 5.91 Å². The van der Waals surface area contributed by atoms with E-state index in [9.17, 15) is 9.59 Å². The highest BCUT2D eigenvalue weighted by Crippen LogP contribution is 2.28. The first-order valence-electron chi connectivity index (χ1n) is 8.14. The highest BCUT2D eigenvalue weighted by atomic mass is 32.1. The molecule has 2 aromatic heterocycles. The van der Waals surface area contributed by atoms with Gasteiger partial charge in [-0.1, -0.05) is 17.4 Å². The molecule has 1 saturated heterocycles. The van der Waals surface area contributed by atoms with Gasteiger partial charge in [-0.15, -0.1) is 0 Å². The molecule has 2 amide bonds. The average molecular weight is 355 g/mol. The number of thiazole rings is 1. The number of anilines is 1. The fraction of sp³-hybridized carbons (Fsp3) is 0.278. The van der Waals surface area contributed by atoms with E-state index in [0.29, 0.717) is 18.1 Å². The van der Waals surface area contributed by atoms with Crippen molar-refractivity contribution in [3.8, 4) is 0 Å². The molecule has 1 unspecified atom stereocenters. The molecule has 4 rings (SSSR count). The summed E-state index contributed by atoms with van der Waals surface area (Å²) >= 11 is 1.44. The lowest BCUT2D eigenvalue weighted by molar-refractivity contribution is -0.119. The number of aryl methyl sites for hydroxylation is 1. The zero-order valence-corrected chi connectivity index (χ0v) is 14.5. The van der Waals surface area contributed by atoms with Gasteiger partial charge in [-0.25, -0.2) is 4.98 Å². The lowest BCUT2D eigenvalue weighted by Crippen LogP contribution is -2.43. The van der Waals surface area contributed by atoms with Gasteiger partial charge >= 0.3 is 0 Å². The van der Waals surface area contributed by atoms with E-state index in [4.69, 9.17) is 4.42 Å². The molecule has 7 heteroatoms. The van der Waals surface area contributed by atoms with E-state index in [1.807, 2.05) is 25.1 Å². The molecule has 1 fully saturated rings. The van der Waals surface area contributed by atoms with E-state index in [1.165, 1.54) is 17.6 Å². The Kier molecular flexibility index (Phi) is 4.01. The second-order valence-electron chi connectivity index (χ2n) is 6.11. The minimum absolute atomic E-state index is 0.201. The van der Waals surface area contributed by atoms with E-state index >= 15 is 0 Å². The van der Waals surface area contributed by atoms with Gasteiger partial charge in [-0.3, -0.25) is 9.59 Å². The second-order valence-corrected chi connectivity index (χ2v) is 7.14. The first kappa shape index (κ1) is 15.8. The number of amides is 2. The molecule has 1 N–H and O–H groups in total. The van der Waals surface area contributed by atoms with Gasteiger partial charge in [0.05, 0.1) is 16.5 Å². The number of carbonyl (C=O) groups is 2. The van der Waals surface area contributed by atoms with Crippen molar-refractivity contribution in [3.05, 3.63) is 47.9 Å². The van der Waals surface area contributed by atoms with E-state index in [-0.39, 0.29) is 17.6 Å². The van der Waals surface area contributed by atoms with Gasteiger partial charge in [0.15, 0.2) is 10.9 Å². The van der Waals surface area contributed by atoms with E-state index in [1.54, 1.807) is 17.0 Å². The quantitative estimate of drug-likeness (QED) is 0.781. The van der Waals surface area contributed by atoms with Crippen LogP contribution in [0.15, 0.2) is 41.0 Å². The van der Waals surface area contributed by atoms with Crippen molar-refractivity contribution in [2.24, 2.45) is 0 Å². The van der Waals surface area contributed by atoms with Crippen molar-refractivity contribution in [1.82, 2.24) is 9.88 Å². The molecule has 25 heavy (non-hydrogen) atoms. The van der Waals surface area contributed by atoms with Gasteiger partial charge in [0, 0.05) is 6.54 Å². The first-order chi connectivity index (χ1) is 12.1. The van der Waals surface area contributed by atoms with Crippen molar-refractivity contribution < 1.29 is 14.0 Å². The molecule has 128 valence electrons. The van der Waals surface area contributed by atoms with Crippen LogP contribution in [0.3, 0.4) is 0 Å². The zero-order valence-electron chi connectivity index (χ0n) is 13.7. The molecule has 6 nitrogen and oxygen atoms in total. The molecule has 3 heterocycles. The van der Waals surface area contributed by atoms with Crippen molar-refractivity contribution in [1.29, 1.82) is 0 Å². The normalized spacial score (nSPS) is 17.2. The molecule has 0 radical (unpaired) electrons. The number of nitrogens with one attached hydrogen (secondary N) is 1. The molecule has 1 aromatic carbocycles. The Morgan fingerprint density at radius 2 is 2.24 bits per heavy atom. The van der Waals surface area contributed by atoms with Crippen LogP contribution >= 0.6 is 11.3 Å². The summed E-state index contributed by atoms with van der Waals surface area (Å²) < 4.78 is 6.20. The van der Waals surface area contributed by atoms with Gasteiger partial charge in [-0.2, -0.15) is 0 Å². The van der Waals surface area contributed by atoms with Crippen LogP contribution in [-0.2, 0) is 4.79 Å². The van der Waals surface area contributed by atoms with Gasteiger partial charge in [0.1, 0.15) is 6.04 Å². The number of hydrogen-bond acceptors (Lipinski definition) is 5. The highest BCUT2D eigenvalue weighted by Gasteiger charge is 2.35. The molecule has 0 aliphatic carbocycles. The Labute approximate surface area is 148 Å². The first-order valence-corrected chi connectivity index (χ1v) is 8.96. The van der Waals surface area contributed by atoms with E-state index in [2.05, 4.69) is 10.3 Å². The SMILES string of the molecule is Cc1ccc2nc(NC(=O)C3CCCN3C(=O)c3ccco3)sc2c1. The Hall–Kier alpha value is -2.67. The number of rotatable bonds is 3. The third-order valence-corrected chi connectivity index (χ3v) is 5.26. The smallest absolute Gasteiger partial charge is 0.290 e. The van der Waals surface area contributed by atoms with Crippen molar-refractivity contribution in [2.75, 3.05) is 11.9 Å². The molecular weight excluding hydrogens is 338 g/mol. The number of nitrogens with zero attached hydrogens (tertiary/aromatic N) is 2. The van der Waals surface area contributed by atoms with Crippen molar-refractivity contribution >= 4 is 38.5 Å². The summed E-state index contributed by atoms with van der Waals surface area (Å²) in [6.07, 6.45) is 2.90. The van der Waals surface area contributed by atoms with Crippen LogP contribution < -0.4 is 5.32 Å². The molecule has 1 aliphatic heterocycles. The lowest BCUT2D eigenvalue weighted by atomic mass is 10.2. The zero-order chi connectivity index (χ0) is 17.4. The standard InChI is InChI=1S/C18H17N3O3S/c1-11-6-7-12-15(10-11)25-18(19-12)20-16(22)13-4-2-8-21(13)17(23)14-5-3-9-24-14/h3,5-7,9-10,13H,2,4,8H2,1H3,(H,19,20,22). The number of carbonyl (C=O) groups excluding carboxylic acids is 2. The molecule has 1 aliphatic rings. The topological polar surface area (TPSA) is 75.4 Å². The minimum atomic E-state index is -0.494.